The molecule has 2 saturated heterocycles. The van der Waals surface area contributed by atoms with Gasteiger partial charge in [-0.1, -0.05) is 18.2 Å². The second-order valence-electron chi connectivity index (χ2n) is 8.39. The van der Waals surface area contributed by atoms with Crippen LogP contribution in [0.3, 0.4) is 0 Å². The lowest BCUT2D eigenvalue weighted by Crippen LogP contribution is -2.59. The minimum absolute atomic E-state index is 0.0862. The van der Waals surface area contributed by atoms with Gasteiger partial charge in [0.1, 0.15) is 17.6 Å². The summed E-state index contributed by atoms with van der Waals surface area (Å²) < 4.78 is 0. The number of amides is 1. The van der Waals surface area contributed by atoms with Gasteiger partial charge >= 0.3 is 0 Å². The van der Waals surface area contributed by atoms with E-state index in [4.69, 9.17) is 5.26 Å². The lowest BCUT2D eigenvalue weighted by Gasteiger charge is -2.51. The van der Waals surface area contributed by atoms with E-state index in [2.05, 4.69) is 50.1 Å². The van der Waals surface area contributed by atoms with Crippen LogP contribution < -0.4 is 4.90 Å². The first kappa shape index (κ1) is 18.7. The van der Waals surface area contributed by atoms with E-state index >= 15 is 0 Å². The first-order valence-corrected chi connectivity index (χ1v) is 10.7. The number of fused-ring (bicyclic) bond motifs is 1. The van der Waals surface area contributed by atoms with Gasteiger partial charge < -0.3 is 14.8 Å². The molecular weight excluding hydrogens is 374 g/mol. The number of carbonyl (C=O) groups excluding carboxylic acids is 1. The third-order valence-corrected chi connectivity index (χ3v) is 6.79. The summed E-state index contributed by atoms with van der Waals surface area (Å²) in [5.41, 5.74) is 2.68. The molecule has 2 aliphatic rings. The molecule has 0 radical (unpaired) electrons. The molecule has 0 bridgehead atoms. The van der Waals surface area contributed by atoms with Crippen molar-refractivity contribution in [1.29, 1.82) is 5.26 Å². The maximum absolute atomic E-state index is 13.0. The Labute approximate surface area is 176 Å². The molecule has 5 rings (SSSR count). The summed E-state index contributed by atoms with van der Waals surface area (Å²) in [4.78, 5) is 25.2. The van der Waals surface area contributed by atoms with Crippen molar-refractivity contribution in [3.05, 3.63) is 59.9 Å². The Bertz CT molecular complexity index is 1120. The lowest BCUT2D eigenvalue weighted by atomic mass is 9.78. The molecule has 2 fully saturated rings. The van der Waals surface area contributed by atoms with Crippen LogP contribution in [0.25, 0.3) is 10.9 Å². The molecule has 0 saturated carbocycles. The number of likely N-dealkylation sites (tertiary alicyclic amines) is 1. The fourth-order valence-corrected chi connectivity index (χ4v) is 5.15. The zero-order valence-electron chi connectivity index (χ0n) is 17.0. The summed E-state index contributed by atoms with van der Waals surface area (Å²) in [6.45, 7) is 2.36. The van der Waals surface area contributed by atoms with Crippen molar-refractivity contribution < 1.29 is 4.79 Å². The number of benzene rings is 1. The van der Waals surface area contributed by atoms with E-state index in [0.29, 0.717) is 18.7 Å². The molecule has 1 N–H and O–H groups in total. The quantitative estimate of drug-likeness (QED) is 0.723. The van der Waals surface area contributed by atoms with Crippen LogP contribution in [0.4, 0.5) is 5.82 Å². The Kier molecular flexibility index (Phi) is 4.66. The number of nitrogens with one attached hydrogen (secondary N) is 1. The Morgan fingerprint density at radius 3 is 2.77 bits per heavy atom. The average Bonchev–Trinajstić information content (AvgIpc) is 3.27. The molecule has 2 aliphatic heterocycles. The fraction of sp³-hybridized carbons (Fsp3) is 0.375. The lowest BCUT2D eigenvalue weighted by molar-refractivity contribution is -0.144. The zero-order valence-corrected chi connectivity index (χ0v) is 17.0. The number of aromatic nitrogens is 2. The number of carbonyl (C=O) groups is 1. The highest BCUT2D eigenvalue weighted by molar-refractivity contribution is 5.84. The van der Waals surface area contributed by atoms with Crippen molar-refractivity contribution in [2.45, 2.75) is 44.2 Å². The molecule has 1 spiro atoms. The number of nitrogens with zero attached hydrogens (tertiary/aromatic N) is 4. The number of rotatable bonds is 3. The van der Waals surface area contributed by atoms with E-state index in [9.17, 15) is 4.79 Å². The zero-order chi connectivity index (χ0) is 20.6. The summed E-state index contributed by atoms with van der Waals surface area (Å²) >= 11 is 0. The van der Waals surface area contributed by atoms with Crippen molar-refractivity contribution in [2.24, 2.45) is 0 Å². The van der Waals surface area contributed by atoms with E-state index in [0.717, 1.165) is 50.1 Å². The van der Waals surface area contributed by atoms with Gasteiger partial charge in [0.25, 0.3) is 0 Å². The van der Waals surface area contributed by atoms with Crippen molar-refractivity contribution in [1.82, 2.24) is 14.9 Å². The minimum Gasteiger partial charge on any atom is -0.361 e. The predicted octanol–water partition coefficient (Wildman–Crippen LogP) is 3.99. The molecule has 4 heterocycles. The largest absolute Gasteiger partial charge is 0.361 e. The van der Waals surface area contributed by atoms with E-state index in [1.54, 1.807) is 6.07 Å². The maximum Gasteiger partial charge on any atom is 0.223 e. The van der Waals surface area contributed by atoms with Crippen LogP contribution in [0.15, 0.2) is 48.7 Å². The Morgan fingerprint density at radius 1 is 1.10 bits per heavy atom. The van der Waals surface area contributed by atoms with Gasteiger partial charge in [0.2, 0.25) is 5.91 Å². The number of aromatic amines is 1. The van der Waals surface area contributed by atoms with Gasteiger partial charge in [-0.25, -0.2) is 4.98 Å². The highest BCUT2D eigenvalue weighted by Crippen LogP contribution is 2.40. The molecule has 30 heavy (non-hydrogen) atoms. The third-order valence-electron chi connectivity index (χ3n) is 6.79. The van der Waals surface area contributed by atoms with Crippen LogP contribution in [0.2, 0.25) is 0 Å². The number of hydrogen-bond acceptors (Lipinski definition) is 4. The molecule has 152 valence electrons. The molecule has 0 unspecified atom stereocenters. The first-order chi connectivity index (χ1) is 14.7. The van der Waals surface area contributed by atoms with Gasteiger partial charge in [0.15, 0.2) is 0 Å². The minimum atomic E-state index is -0.0862. The normalized spacial score (nSPS) is 18.7. The van der Waals surface area contributed by atoms with Crippen molar-refractivity contribution in [3.8, 4) is 6.07 Å². The van der Waals surface area contributed by atoms with E-state index < -0.39 is 0 Å². The summed E-state index contributed by atoms with van der Waals surface area (Å²) in [5, 5.41) is 10.3. The van der Waals surface area contributed by atoms with Gasteiger partial charge in [0.05, 0.1) is 0 Å². The van der Waals surface area contributed by atoms with Crippen molar-refractivity contribution in [2.75, 3.05) is 18.0 Å². The highest BCUT2D eigenvalue weighted by Gasteiger charge is 2.44. The summed E-state index contributed by atoms with van der Waals surface area (Å²) in [6.07, 6.45) is 6.48. The standard InChI is InChI=1S/C24H25N5O/c25-16-19-5-2-7-22(27-19)28-14-11-24(12-15-28)10-3-8-23(30)29(24)17-18-4-1-6-21-20(18)9-13-26-21/h1-2,4-7,9,13,26H,3,8,10-12,14-15,17H2. The van der Waals surface area contributed by atoms with Gasteiger partial charge in [-0.3, -0.25) is 4.79 Å². The van der Waals surface area contributed by atoms with Crippen LogP contribution in [-0.4, -0.2) is 39.4 Å². The number of pyridine rings is 1. The molecule has 1 amide bonds. The maximum atomic E-state index is 13.0. The third kappa shape index (κ3) is 3.21. The van der Waals surface area contributed by atoms with Gasteiger partial charge in [-0.2, -0.15) is 5.26 Å². The van der Waals surface area contributed by atoms with Gasteiger partial charge in [0, 0.05) is 48.7 Å². The Morgan fingerprint density at radius 2 is 1.93 bits per heavy atom. The second kappa shape index (κ2) is 7.49. The van der Waals surface area contributed by atoms with E-state index in [-0.39, 0.29) is 11.4 Å². The van der Waals surface area contributed by atoms with Crippen molar-refractivity contribution >= 4 is 22.6 Å². The van der Waals surface area contributed by atoms with Crippen LogP contribution in [0.1, 0.15) is 43.4 Å². The van der Waals surface area contributed by atoms with Gasteiger partial charge in [-0.05, 0) is 55.5 Å². The summed E-state index contributed by atoms with van der Waals surface area (Å²) in [5.74, 6) is 1.13. The van der Waals surface area contributed by atoms with Crippen LogP contribution in [-0.2, 0) is 11.3 Å². The van der Waals surface area contributed by atoms with E-state index in [1.165, 1.54) is 10.9 Å². The molecule has 2 aromatic heterocycles. The number of anilines is 1. The molecule has 6 heteroatoms. The average molecular weight is 399 g/mol. The van der Waals surface area contributed by atoms with Crippen molar-refractivity contribution in [3.63, 3.8) is 0 Å². The summed E-state index contributed by atoms with van der Waals surface area (Å²) in [7, 11) is 0. The summed E-state index contributed by atoms with van der Waals surface area (Å²) in [6, 6.07) is 16.1. The van der Waals surface area contributed by atoms with Gasteiger partial charge in [-0.15, -0.1) is 0 Å². The number of nitriles is 1. The molecule has 0 aliphatic carbocycles. The van der Waals surface area contributed by atoms with Crippen LogP contribution in [0.5, 0.6) is 0 Å². The highest BCUT2D eigenvalue weighted by atomic mass is 16.2. The molecule has 0 atom stereocenters. The fourth-order valence-electron chi connectivity index (χ4n) is 5.15. The number of piperidine rings is 2. The molecule has 3 aromatic rings. The smallest absolute Gasteiger partial charge is 0.223 e. The molecular formula is C24H25N5O. The number of hydrogen-bond donors (Lipinski definition) is 1. The Balaban J connectivity index is 1.39. The van der Waals surface area contributed by atoms with Crippen LogP contribution in [0, 0.1) is 11.3 Å². The van der Waals surface area contributed by atoms with E-state index in [1.807, 2.05) is 18.3 Å². The topological polar surface area (TPSA) is 76.0 Å². The van der Waals surface area contributed by atoms with Crippen LogP contribution >= 0.6 is 0 Å². The molecule has 6 nitrogen and oxygen atoms in total. The predicted molar refractivity (Wildman–Crippen MR) is 116 cm³/mol. The molecule has 1 aromatic carbocycles. The Hall–Kier alpha value is -3.33. The first-order valence-electron chi connectivity index (χ1n) is 10.7. The second-order valence-corrected chi connectivity index (χ2v) is 8.39. The number of H-pyrrole nitrogens is 1. The SMILES string of the molecule is N#Cc1cccc(N2CCC3(CCCC(=O)N3Cc3cccc4[nH]ccc34)CC2)n1. The monoisotopic (exact) mass is 399 g/mol.